The zero-order chi connectivity index (χ0) is 16.3. The number of hydrogen-bond donors (Lipinski definition) is 1. The van der Waals surface area contributed by atoms with Crippen LogP contribution in [0, 0.1) is 0 Å². The summed E-state index contributed by atoms with van der Waals surface area (Å²) in [5.41, 5.74) is 1.60. The van der Waals surface area contributed by atoms with Crippen LogP contribution >= 0.6 is 0 Å². The number of ether oxygens (including phenoxy) is 2. The number of hydrogen-bond acceptors (Lipinski definition) is 3. The Morgan fingerprint density at radius 2 is 1.38 bits per heavy atom. The lowest BCUT2D eigenvalue weighted by Gasteiger charge is -2.28. The van der Waals surface area contributed by atoms with Gasteiger partial charge in [0.25, 0.3) is 0 Å². The maximum Gasteiger partial charge on any atom is 0.123 e. The molecule has 0 heterocycles. The molecular formula is C18H30O3. The van der Waals surface area contributed by atoms with E-state index in [0.29, 0.717) is 19.0 Å². The first-order valence-corrected chi connectivity index (χ1v) is 7.57. The molecule has 0 fully saturated rings. The predicted octanol–water partition coefficient (Wildman–Crippen LogP) is 4.40. The summed E-state index contributed by atoms with van der Waals surface area (Å²) >= 11 is 0. The predicted molar refractivity (Wildman–Crippen MR) is 87.5 cm³/mol. The highest BCUT2D eigenvalue weighted by molar-refractivity contribution is 5.51. The summed E-state index contributed by atoms with van der Waals surface area (Å²) in [4.78, 5) is 0. The zero-order valence-corrected chi connectivity index (χ0v) is 14.5. The van der Waals surface area contributed by atoms with Gasteiger partial charge in [0.05, 0.1) is 6.61 Å². The average molecular weight is 294 g/mol. The van der Waals surface area contributed by atoms with Gasteiger partial charge in [-0.1, -0.05) is 41.5 Å². The van der Waals surface area contributed by atoms with Gasteiger partial charge in [-0.15, -0.1) is 0 Å². The Morgan fingerprint density at radius 3 is 1.76 bits per heavy atom. The second-order valence-electron chi connectivity index (χ2n) is 7.56. The first-order valence-electron chi connectivity index (χ1n) is 7.57. The molecule has 1 aromatic carbocycles. The summed E-state index contributed by atoms with van der Waals surface area (Å²) in [6, 6.07) is 3.91. The topological polar surface area (TPSA) is 38.7 Å². The van der Waals surface area contributed by atoms with Crippen molar-refractivity contribution in [3.05, 3.63) is 23.3 Å². The van der Waals surface area contributed by atoms with Crippen molar-refractivity contribution in [3.63, 3.8) is 0 Å². The Hall–Kier alpha value is -1.22. The van der Waals surface area contributed by atoms with Crippen LogP contribution in [0.5, 0.6) is 11.5 Å². The summed E-state index contributed by atoms with van der Waals surface area (Å²) in [6.45, 7) is 13.9. The molecule has 0 saturated carbocycles. The minimum absolute atomic E-state index is 0.129. The molecule has 1 aromatic rings. The molecule has 3 nitrogen and oxygen atoms in total. The van der Waals surface area contributed by atoms with Crippen LogP contribution in [0.25, 0.3) is 0 Å². The van der Waals surface area contributed by atoms with Crippen LogP contribution < -0.4 is 4.74 Å². The monoisotopic (exact) mass is 294 g/mol. The Labute approximate surface area is 129 Å². The highest BCUT2D eigenvalue weighted by atomic mass is 16.5. The van der Waals surface area contributed by atoms with E-state index >= 15 is 0 Å². The smallest absolute Gasteiger partial charge is 0.123 e. The van der Waals surface area contributed by atoms with E-state index < -0.39 is 0 Å². The molecule has 0 unspecified atom stereocenters. The Morgan fingerprint density at radius 1 is 0.905 bits per heavy atom. The number of rotatable bonds is 5. The third-order valence-electron chi connectivity index (χ3n) is 3.46. The summed E-state index contributed by atoms with van der Waals surface area (Å²) in [5, 5.41) is 10.6. The van der Waals surface area contributed by atoms with Crippen LogP contribution in [0.4, 0.5) is 0 Å². The van der Waals surface area contributed by atoms with Crippen LogP contribution in [-0.2, 0) is 15.6 Å². The van der Waals surface area contributed by atoms with E-state index in [0.717, 1.165) is 23.3 Å². The van der Waals surface area contributed by atoms with Crippen molar-refractivity contribution in [2.75, 3.05) is 20.3 Å². The van der Waals surface area contributed by atoms with E-state index in [-0.39, 0.29) is 10.8 Å². The maximum absolute atomic E-state index is 10.6. The molecule has 3 heteroatoms. The largest absolute Gasteiger partial charge is 0.507 e. The lowest BCUT2D eigenvalue weighted by Crippen LogP contribution is -2.17. The van der Waals surface area contributed by atoms with Crippen LogP contribution in [-0.4, -0.2) is 25.4 Å². The number of phenols is 1. The Balaban J connectivity index is 3.15. The molecule has 21 heavy (non-hydrogen) atoms. The Kier molecular flexibility index (Phi) is 5.68. The van der Waals surface area contributed by atoms with Crippen molar-refractivity contribution in [1.82, 2.24) is 0 Å². The van der Waals surface area contributed by atoms with E-state index in [4.69, 9.17) is 9.47 Å². The van der Waals surface area contributed by atoms with E-state index in [2.05, 4.69) is 41.5 Å². The molecule has 1 rings (SSSR count). The quantitative estimate of drug-likeness (QED) is 0.818. The van der Waals surface area contributed by atoms with Gasteiger partial charge in [0.1, 0.15) is 11.5 Å². The minimum Gasteiger partial charge on any atom is -0.507 e. The number of benzene rings is 1. The first kappa shape index (κ1) is 17.8. The van der Waals surface area contributed by atoms with Gasteiger partial charge in [-0.25, -0.2) is 0 Å². The van der Waals surface area contributed by atoms with Crippen LogP contribution in [0.2, 0.25) is 0 Å². The van der Waals surface area contributed by atoms with Gasteiger partial charge in [0, 0.05) is 31.3 Å². The first-order chi connectivity index (χ1) is 9.57. The second-order valence-corrected chi connectivity index (χ2v) is 7.56. The van der Waals surface area contributed by atoms with Gasteiger partial charge in [0.15, 0.2) is 0 Å². The fraction of sp³-hybridized carbons (Fsp3) is 0.667. The maximum atomic E-state index is 10.6. The summed E-state index contributed by atoms with van der Waals surface area (Å²) in [7, 11) is 1.69. The SMILES string of the molecule is COCCCOc1cc(C(C)(C)C)c(O)c(C(C)(C)C)c1. The summed E-state index contributed by atoms with van der Waals surface area (Å²) in [6.07, 6.45) is 0.854. The normalized spacial score (nSPS) is 12.5. The molecule has 0 bridgehead atoms. The molecule has 0 atom stereocenters. The third kappa shape index (κ3) is 4.92. The van der Waals surface area contributed by atoms with Crippen LogP contribution in [0.1, 0.15) is 59.1 Å². The average Bonchev–Trinajstić information content (AvgIpc) is 2.33. The molecule has 0 radical (unpaired) electrons. The van der Waals surface area contributed by atoms with E-state index in [1.54, 1.807) is 7.11 Å². The molecule has 0 aliphatic heterocycles. The summed E-state index contributed by atoms with van der Waals surface area (Å²) < 4.78 is 10.9. The van der Waals surface area contributed by atoms with Crippen LogP contribution in [0.3, 0.4) is 0 Å². The lowest BCUT2D eigenvalue weighted by molar-refractivity contribution is 0.172. The van der Waals surface area contributed by atoms with Crippen molar-refractivity contribution in [2.45, 2.75) is 58.8 Å². The van der Waals surface area contributed by atoms with E-state index in [1.165, 1.54) is 0 Å². The van der Waals surface area contributed by atoms with E-state index in [9.17, 15) is 5.11 Å². The highest BCUT2D eigenvalue weighted by Gasteiger charge is 2.26. The highest BCUT2D eigenvalue weighted by Crippen LogP contribution is 2.41. The van der Waals surface area contributed by atoms with Gasteiger partial charge in [0.2, 0.25) is 0 Å². The molecule has 0 aromatic heterocycles. The minimum atomic E-state index is -0.129. The van der Waals surface area contributed by atoms with Crippen molar-refractivity contribution in [3.8, 4) is 11.5 Å². The van der Waals surface area contributed by atoms with E-state index in [1.807, 2.05) is 12.1 Å². The van der Waals surface area contributed by atoms with Gasteiger partial charge in [-0.05, 0) is 23.0 Å². The van der Waals surface area contributed by atoms with Crippen LogP contribution in [0.15, 0.2) is 12.1 Å². The number of aromatic hydroxyl groups is 1. The van der Waals surface area contributed by atoms with Gasteiger partial charge < -0.3 is 14.6 Å². The van der Waals surface area contributed by atoms with Crippen molar-refractivity contribution >= 4 is 0 Å². The van der Waals surface area contributed by atoms with Gasteiger partial charge >= 0.3 is 0 Å². The fourth-order valence-corrected chi connectivity index (χ4v) is 2.23. The molecule has 0 spiro atoms. The third-order valence-corrected chi connectivity index (χ3v) is 3.46. The van der Waals surface area contributed by atoms with Crippen molar-refractivity contribution in [2.24, 2.45) is 0 Å². The van der Waals surface area contributed by atoms with Crippen molar-refractivity contribution < 1.29 is 14.6 Å². The lowest BCUT2D eigenvalue weighted by atomic mass is 9.79. The van der Waals surface area contributed by atoms with Crippen molar-refractivity contribution in [1.29, 1.82) is 0 Å². The number of methoxy groups -OCH3 is 1. The zero-order valence-electron chi connectivity index (χ0n) is 14.5. The standard InChI is InChI=1S/C18H30O3/c1-17(2,3)14-11-13(21-10-8-9-20-7)12-15(16(14)19)18(4,5)6/h11-12,19H,8-10H2,1-7H3. The molecule has 0 aliphatic rings. The molecule has 0 aliphatic carbocycles. The second kappa shape index (κ2) is 6.69. The Bertz CT molecular complexity index is 429. The molecule has 0 saturated heterocycles. The summed E-state index contributed by atoms with van der Waals surface area (Å²) in [5.74, 6) is 1.21. The number of phenolic OH excluding ortho intramolecular Hbond substituents is 1. The molecule has 120 valence electrons. The fourth-order valence-electron chi connectivity index (χ4n) is 2.23. The molecular weight excluding hydrogens is 264 g/mol. The van der Waals surface area contributed by atoms with Gasteiger partial charge in [-0.3, -0.25) is 0 Å². The van der Waals surface area contributed by atoms with Gasteiger partial charge in [-0.2, -0.15) is 0 Å². The molecule has 1 N–H and O–H groups in total. The molecule has 0 amide bonds.